The van der Waals surface area contributed by atoms with Crippen LogP contribution in [-0.2, 0) is 23.5 Å². The Balaban J connectivity index is 0.000000296. The van der Waals surface area contributed by atoms with Crippen molar-refractivity contribution < 1.29 is 79.2 Å². The van der Waals surface area contributed by atoms with Crippen molar-refractivity contribution >= 4 is 124 Å². The largest absolute Gasteiger partial charge is 0.495 e. The number of benzene rings is 2. The molecule has 0 saturated carbocycles. The van der Waals surface area contributed by atoms with Gasteiger partial charge in [-0.15, -0.1) is 0 Å². The number of aliphatic hydroxyl groups is 3. The molecule has 23 nitrogen and oxygen atoms in total. The Morgan fingerprint density at radius 1 is 0.626 bits per heavy atom. The molecule has 0 radical (unpaired) electrons. The van der Waals surface area contributed by atoms with Gasteiger partial charge in [0, 0.05) is 109 Å². The number of nitrogens with zero attached hydrogens (tertiary/aromatic N) is 7. The summed E-state index contributed by atoms with van der Waals surface area (Å²) < 4.78 is 118. The second-order valence-corrected chi connectivity index (χ2v) is 29.7. The topological polar surface area (TPSA) is 293 Å². The number of rotatable bonds is 20. The number of carbonyl (C=O) groups is 2. The van der Waals surface area contributed by atoms with E-state index in [1.54, 1.807) is 30.3 Å². The van der Waals surface area contributed by atoms with Crippen LogP contribution in [0.3, 0.4) is 0 Å². The molecule has 0 aliphatic carbocycles. The van der Waals surface area contributed by atoms with E-state index in [1.807, 2.05) is 111 Å². The zero-order chi connectivity index (χ0) is 78.5. The number of aryl methyl sites for hydroxylation is 2. The van der Waals surface area contributed by atoms with E-state index in [9.17, 15) is 50.5 Å². The first-order valence-electron chi connectivity index (χ1n) is 36.0. The first-order valence-corrected chi connectivity index (χ1v) is 38.2. The standard InChI is InChI=1S/C23H30F3N5O2.C20H28BF3N2O3.C13H20IN3O2.C9H10FIN2O.C4H11NO.C4H10O.H2S/c1-3-17(13-32)28-21-9-16(8-20(27)30-21)19-10-18(5-4-14(19)2)29-22(33)31-7-6-15(12-31)11-23(24,25)26;1-13-6-7-15(10-16(13)21-28-18(2,3)19(4,5)29-21)25-17(27)26-9-8-14(12-26)11-20(22,23)24;1-2-11(9-18)15-12-7-10(14)8-13(16-12)17-3-5-19-6-4-17;10-8-5-7(11)6-9(12-8)13-1-3-14-4-2-13;1-2-4(5)3-6;1-3-5-4-2;/h4-5,8-10,15,17,32H,3,6-7,11-13H2,1-2H3,(H,29,33)(H3,27,28,30);6-7,10,14H,8-9,11-12H2,1-5H3,(H,25,27);7-8,11,18H,2-6,9H2,1H3,(H,15,16);5-6H,1-4H2;4,6H,2-3,5H2,1H3;3-4H2,1-2H3;1H2/t15-,17+;14-;11-;;4-;;/m001.1../s1. The fourth-order valence-electron chi connectivity index (χ4n) is 11.4. The van der Waals surface area contributed by atoms with Gasteiger partial charge in [-0.05, 0) is 221 Å². The predicted octanol–water partition coefficient (Wildman–Crippen LogP) is 13.0. The number of anilines is 7. The van der Waals surface area contributed by atoms with Crippen LogP contribution in [-0.4, -0.2) is 213 Å². The molecular formula is C73H111BF7I2N13O10S. The SMILES string of the molecule is CCOCC.CC[C@@H](N)CO.CC[C@H](CO)Nc1cc(-c2cc(NC(=O)N3CC[C@@H](CC(F)(F)F)C3)ccc2C)cc(N)n1.CC[C@H](CO)Nc1cc(I)cc(N2CCOCC2)n1.Cc1ccc(NC(=O)N2CC[C@@H](CC(F)(F)F)C2)cc1B1OC(C)(C)C(C)(C)O1.Fc1cc(I)cc(N2CCOCC2)n1.S. The van der Waals surface area contributed by atoms with Gasteiger partial charge in [-0.25, -0.2) is 24.5 Å². The van der Waals surface area contributed by atoms with Crippen molar-refractivity contribution in [1.29, 1.82) is 0 Å². The molecule has 10 rings (SSSR count). The number of ether oxygens (including phenoxy) is 3. The number of nitrogens with two attached hydrogens (primary N) is 2. The molecule has 4 amide bonds. The second kappa shape index (κ2) is 45.7. The Hall–Kier alpha value is -5.55. The average Bonchev–Trinajstić information content (AvgIpc) is 1.62. The number of hydrogen-bond acceptors (Lipinski definition) is 19. The Morgan fingerprint density at radius 2 is 1.07 bits per heavy atom. The summed E-state index contributed by atoms with van der Waals surface area (Å²) in [7, 11) is -0.556. The van der Waals surface area contributed by atoms with Crippen LogP contribution < -0.4 is 48.0 Å². The summed E-state index contributed by atoms with van der Waals surface area (Å²) in [4.78, 5) is 45.0. The smallest absolute Gasteiger partial charge is 0.399 e. The van der Waals surface area contributed by atoms with Crippen molar-refractivity contribution in [2.75, 3.05) is 149 Å². The number of amides is 4. The van der Waals surface area contributed by atoms with Crippen molar-refractivity contribution in [1.82, 2.24) is 24.8 Å². The predicted molar refractivity (Wildman–Crippen MR) is 432 cm³/mol. The lowest BCUT2D eigenvalue weighted by Gasteiger charge is -2.32. The third-order valence-electron chi connectivity index (χ3n) is 18.4. The number of nitrogens with one attached hydrogen (secondary N) is 4. The monoisotopic (exact) mass is 1760 g/mol. The molecule has 8 heterocycles. The van der Waals surface area contributed by atoms with Gasteiger partial charge >= 0.3 is 31.5 Å². The van der Waals surface area contributed by atoms with Crippen molar-refractivity contribution in [2.24, 2.45) is 17.6 Å². The lowest BCUT2D eigenvalue weighted by molar-refractivity contribution is -0.144. The number of aromatic nitrogens is 3. The lowest BCUT2D eigenvalue weighted by atomic mass is 9.76. The number of halogens is 9. The summed E-state index contributed by atoms with van der Waals surface area (Å²) in [5.74, 6) is 1.83. The van der Waals surface area contributed by atoms with Crippen LogP contribution in [0.2, 0.25) is 0 Å². The van der Waals surface area contributed by atoms with Crippen LogP contribution in [0.4, 0.5) is 80.8 Å². The van der Waals surface area contributed by atoms with Crippen LogP contribution in [0, 0.1) is 38.8 Å². The molecule has 5 atom stereocenters. The van der Waals surface area contributed by atoms with E-state index < -0.39 is 73.4 Å². The molecule has 3 aromatic heterocycles. The number of nitrogen functional groups attached to an aromatic ring is 1. The molecule has 107 heavy (non-hydrogen) atoms. The molecule has 600 valence electrons. The van der Waals surface area contributed by atoms with Gasteiger partial charge < -0.3 is 91.2 Å². The third kappa shape index (κ3) is 32.4. The number of pyridine rings is 3. The maximum Gasteiger partial charge on any atom is 0.495 e. The Labute approximate surface area is 660 Å². The summed E-state index contributed by atoms with van der Waals surface area (Å²) in [5.41, 5.74) is 15.7. The molecule has 0 bridgehead atoms. The van der Waals surface area contributed by atoms with E-state index in [0.717, 1.165) is 112 Å². The van der Waals surface area contributed by atoms with Gasteiger partial charge in [0.15, 0.2) is 0 Å². The van der Waals surface area contributed by atoms with Crippen LogP contribution >= 0.6 is 58.7 Å². The fraction of sp³-hybridized carbons (Fsp3) is 0.603. The highest BCUT2D eigenvalue weighted by Gasteiger charge is 2.52. The van der Waals surface area contributed by atoms with E-state index in [-0.39, 0.29) is 64.5 Å². The highest BCUT2D eigenvalue weighted by Crippen LogP contribution is 2.38. The van der Waals surface area contributed by atoms with Crippen molar-refractivity contribution in [3.05, 3.63) is 97.0 Å². The maximum atomic E-state index is 13.0. The number of likely N-dealkylation sites (tertiary alicyclic amines) is 2. The minimum absolute atomic E-state index is 0. The molecule has 5 aliphatic heterocycles. The molecule has 11 N–H and O–H groups in total. The Kier molecular flexibility index (Phi) is 40.1. The van der Waals surface area contributed by atoms with E-state index >= 15 is 0 Å². The van der Waals surface area contributed by atoms with E-state index in [1.165, 1.54) is 15.9 Å². The second-order valence-electron chi connectivity index (χ2n) is 27.2. The Bertz CT molecular complexity index is 3450. The third-order valence-corrected chi connectivity index (χ3v) is 19.6. The lowest BCUT2D eigenvalue weighted by Crippen LogP contribution is -2.41. The number of carbonyl (C=O) groups excluding carboxylic acids is 2. The van der Waals surface area contributed by atoms with Crippen LogP contribution in [0.25, 0.3) is 11.1 Å². The molecular weight excluding hydrogens is 1650 g/mol. The van der Waals surface area contributed by atoms with Gasteiger partial charge in [-0.2, -0.15) is 44.2 Å². The zero-order valence-corrected chi connectivity index (χ0v) is 68.6. The van der Waals surface area contributed by atoms with Crippen molar-refractivity contribution in [2.45, 2.75) is 163 Å². The first-order chi connectivity index (χ1) is 50.0. The van der Waals surface area contributed by atoms with Gasteiger partial charge in [0.1, 0.15) is 29.1 Å². The summed E-state index contributed by atoms with van der Waals surface area (Å²) in [6.45, 7) is 30.6. The van der Waals surface area contributed by atoms with Crippen molar-refractivity contribution in [3.63, 3.8) is 0 Å². The van der Waals surface area contributed by atoms with Crippen LogP contribution in [0.15, 0.2) is 72.8 Å². The molecule has 0 spiro atoms. The zero-order valence-electron chi connectivity index (χ0n) is 63.2. The van der Waals surface area contributed by atoms with E-state index in [4.69, 9.17) is 40.1 Å². The quantitative estimate of drug-likeness (QED) is 0.0151. The molecule has 5 saturated heterocycles. The van der Waals surface area contributed by atoms with Crippen LogP contribution in [0.5, 0.6) is 0 Å². The van der Waals surface area contributed by atoms with Gasteiger partial charge in [-0.1, -0.05) is 38.5 Å². The number of urea groups is 2. The number of alkyl halides is 6. The molecule has 5 fully saturated rings. The summed E-state index contributed by atoms with van der Waals surface area (Å²) in [6.07, 6.45) is -7.02. The summed E-state index contributed by atoms with van der Waals surface area (Å²) in [6, 6.07) is 20.9. The maximum absolute atomic E-state index is 13.0. The molecule has 34 heteroatoms. The molecule has 0 unspecified atom stereocenters. The number of morpholine rings is 2. The fourth-order valence-corrected chi connectivity index (χ4v) is 12.5. The van der Waals surface area contributed by atoms with Crippen molar-refractivity contribution in [3.8, 4) is 11.1 Å². The molecule has 5 aliphatic rings. The average molecular weight is 1760 g/mol. The number of aliphatic hydroxyl groups excluding tert-OH is 3. The highest BCUT2D eigenvalue weighted by molar-refractivity contribution is 14.1. The summed E-state index contributed by atoms with van der Waals surface area (Å²) in [5, 5.41) is 38.9. The van der Waals surface area contributed by atoms with Gasteiger partial charge in [0.2, 0.25) is 5.95 Å². The van der Waals surface area contributed by atoms with Gasteiger partial charge in [-0.3, -0.25) is 0 Å². The molecule has 5 aromatic rings. The molecule has 2 aromatic carbocycles. The van der Waals surface area contributed by atoms with Gasteiger partial charge in [0.05, 0.1) is 69.5 Å². The normalized spacial score (nSPS) is 18.2. The van der Waals surface area contributed by atoms with E-state index in [2.05, 4.69) is 92.4 Å². The van der Waals surface area contributed by atoms with E-state index in [0.29, 0.717) is 74.4 Å². The minimum Gasteiger partial charge on any atom is -0.399 e. The van der Waals surface area contributed by atoms with Gasteiger partial charge in [0.25, 0.3) is 0 Å². The highest BCUT2D eigenvalue weighted by atomic mass is 127. The summed E-state index contributed by atoms with van der Waals surface area (Å²) >= 11 is 4.39. The first kappa shape index (κ1) is 93.8. The van der Waals surface area contributed by atoms with Crippen LogP contribution in [0.1, 0.15) is 118 Å². The number of hydrogen-bond donors (Lipinski definition) is 9. The minimum atomic E-state index is -4.22. The Morgan fingerprint density at radius 3 is 1.49 bits per heavy atom.